The Morgan fingerprint density at radius 2 is 2.07 bits per heavy atom. The van der Waals surface area contributed by atoms with E-state index in [9.17, 15) is 4.79 Å². The van der Waals surface area contributed by atoms with Crippen LogP contribution in [0.3, 0.4) is 0 Å². The zero-order chi connectivity index (χ0) is 19.8. The number of primary amides is 1. The highest BCUT2D eigenvalue weighted by molar-refractivity contribution is 6.36. The molecule has 3 aromatic rings. The molecule has 0 saturated carbocycles. The standard InChI is InChI=1S/C21H22Cl2N4O/c1-2-13(11-19(24)28)15-5-3-6-17-20(15)27-10-4-9-26(21(27)25-17)18-8-7-14(22)12-16(18)23/h3,5-8,12-13H,2,4,9-11H2,1H3,(H2,24,28). The van der Waals surface area contributed by atoms with Crippen LogP contribution in [0.25, 0.3) is 11.0 Å². The number of anilines is 2. The van der Waals surface area contributed by atoms with Crippen molar-refractivity contribution in [3.8, 4) is 0 Å². The number of carbonyl (C=O) groups excluding carboxylic acids is 1. The van der Waals surface area contributed by atoms with Crippen molar-refractivity contribution in [3.63, 3.8) is 0 Å². The number of halogens is 2. The summed E-state index contributed by atoms with van der Waals surface area (Å²) in [6.45, 7) is 3.79. The Kier molecular flexibility index (Phi) is 5.21. The minimum Gasteiger partial charge on any atom is -0.370 e. The first-order chi connectivity index (χ1) is 13.5. The van der Waals surface area contributed by atoms with E-state index in [1.807, 2.05) is 24.3 Å². The number of fused-ring (bicyclic) bond motifs is 3. The van der Waals surface area contributed by atoms with Crippen molar-refractivity contribution >= 4 is 51.8 Å². The fraction of sp³-hybridized carbons (Fsp3) is 0.333. The molecular weight excluding hydrogens is 395 g/mol. The zero-order valence-corrected chi connectivity index (χ0v) is 17.2. The highest BCUT2D eigenvalue weighted by Gasteiger charge is 2.27. The lowest BCUT2D eigenvalue weighted by atomic mass is 9.92. The average molecular weight is 417 g/mol. The number of nitrogens with zero attached hydrogens (tertiary/aromatic N) is 3. The lowest BCUT2D eigenvalue weighted by Gasteiger charge is -2.30. The molecule has 0 aliphatic carbocycles. The summed E-state index contributed by atoms with van der Waals surface area (Å²) >= 11 is 12.5. The fourth-order valence-corrected chi connectivity index (χ4v) is 4.59. The molecule has 0 spiro atoms. The minimum atomic E-state index is -0.281. The van der Waals surface area contributed by atoms with Crippen LogP contribution >= 0.6 is 23.2 Å². The van der Waals surface area contributed by atoms with Crippen LogP contribution in [0.5, 0.6) is 0 Å². The molecule has 1 atom stereocenters. The van der Waals surface area contributed by atoms with Gasteiger partial charge in [-0.15, -0.1) is 0 Å². The predicted molar refractivity (Wildman–Crippen MR) is 115 cm³/mol. The second-order valence-electron chi connectivity index (χ2n) is 7.15. The molecule has 28 heavy (non-hydrogen) atoms. The molecule has 0 saturated heterocycles. The van der Waals surface area contributed by atoms with Crippen LogP contribution < -0.4 is 10.6 Å². The highest BCUT2D eigenvalue weighted by Crippen LogP contribution is 2.39. The lowest BCUT2D eigenvalue weighted by molar-refractivity contribution is -0.118. The van der Waals surface area contributed by atoms with Gasteiger partial charge in [0, 0.05) is 24.5 Å². The molecule has 0 radical (unpaired) electrons. The lowest BCUT2D eigenvalue weighted by Crippen LogP contribution is -2.28. The Morgan fingerprint density at radius 3 is 2.79 bits per heavy atom. The number of para-hydroxylation sites is 1. The van der Waals surface area contributed by atoms with Crippen molar-refractivity contribution in [1.82, 2.24) is 9.55 Å². The van der Waals surface area contributed by atoms with E-state index in [1.54, 1.807) is 6.07 Å². The summed E-state index contributed by atoms with van der Waals surface area (Å²) in [6.07, 6.45) is 2.15. The smallest absolute Gasteiger partial charge is 0.218 e. The number of nitrogens with two attached hydrogens (primary N) is 1. The van der Waals surface area contributed by atoms with Crippen LogP contribution in [-0.4, -0.2) is 22.0 Å². The predicted octanol–water partition coefficient (Wildman–Crippen LogP) is 5.25. The molecule has 7 heteroatoms. The van der Waals surface area contributed by atoms with Crippen LogP contribution in [0, 0.1) is 0 Å². The first kappa shape index (κ1) is 19.1. The zero-order valence-electron chi connectivity index (χ0n) is 15.7. The van der Waals surface area contributed by atoms with Crippen molar-refractivity contribution in [1.29, 1.82) is 0 Å². The SMILES string of the molecule is CCC(CC(N)=O)c1cccc2nc3n(c12)CCCN3c1ccc(Cl)cc1Cl. The van der Waals surface area contributed by atoms with Gasteiger partial charge < -0.3 is 15.2 Å². The monoisotopic (exact) mass is 416 g/mol. The van der Waals surface area contributed by atoms with Gasteiger partial charge in [0.05, 0.1) is 21.7 Å². The Bertz CT molecular complexity index is 1050. The van der Waals surface area contributed by atoms with Gasteiger partial charge in [0.25, 0.3) is 0 Å². The maximum absolute atomic E-state index is 11.6. The van der Waals surface area contributed by atoms with Gasteiger partial charge in [0.1, 0.15) is 0 Å². The molecule has 1 amide bonds. The number of rotatable bonds is 5. The summed E-state index contributed by atoms with van der Waals surface area (Å²) in [5.41, 5.74) is 9.53. The normalized spacial score (nSPS) is 14.9. The number of aromatic nitrogens is 2. The minimum absolute atomic E-state index is 0.0801. The number of benzene rings is 2. The van der Waals surface area contributed by atoms with Crippen molar-refractivity contribution in [2.75, 3.05) is 11.4 Å². The van der Waals surface area contributed by atoms with Gasteiger partial charge >= 0.3 is 0 Å². The molecule has 1 aliphatic heterocycles. The molecule has 4 rings (SSSR count). The van der Waals surface area contributed by atoms with Gasteiger partial charge in [-0.25, -0.2) is 4.98 Å². The summed E-state index contributed by atoms with van der Waals surface area (Å²) in [5.74, 6) is 0.667. The number of imidazole rings is 1. The van der Waals surface area contributed by atoms with E-state index in [-0.39, 0.29) is 11.8 Å². The highest BCUT2D eigenvalue weighted by atomic mass is 35.5. The molecule has 0 fully saturated rings. The number of carbonyl (C=O) groups is 1. The van der Waals surface area contributed by atoms with Gasteiger partial charge in [-0.1, -0.05) is 42.3 Å². The van der Waals surface area contributed by atoms with E-state index in [4.69, 9.17) is 33.9 Å². The van der Waals surface area contributed by atoms with Gasteiger partial charge in [-0.2, -0.15) is 0 Å². The van der Waals surface area contributed by atoms with E-state index in [1.165, 1.54) is 0 Å². The molecule has 5 nitrogen and oxygen atoms in total. The quantitative estimate of drug-likeness (QED) is 0.617. The van der Waals surface area contributed by atoms with E-state index >= 15 is 0 Å². The number of amides is 1. The summed E-state index contributed by atoms with van der Waals surface area (Å²) in [4.78, 5) is 18.6. The first-order valence-corrected chi connectivity index (χ1v) is 10.2. The summed E-state index contributed by atoms with van der Waals surface area (Å²) < 4.78 is 2.24. The molecule has 1 unspecified atom stereocenters. The summed E-state index contributed by atoms with van der Waals surface area (Å²) in [6, 6.07) is 11.6. The molecule has 1 aromatic heterocycles. The molecule has 0 bridgehead atoms. The topological polar surface area (TPSA) is 64.2 Å². The number of hydrogen-bond acceptors (Lipinski definition) is 3. The van der Waals surface area contributed by atoms with Gasteiger partial charge in [-0.05, 0) is 48.6 Å². The van der Waals surface area contributed by atoms with Crippen LogP contribution in [-0.2, 0) is 11.3 Å². The van der Waals surface area contributed by atoms with Crippen LogP contribution in [0.15, 0.2) is 36.4 Å². The van der Waals surface area contributed by atoms with Gasteiger partial charge in [-0.3, -0.25) is 4.79 Å². The van der Waals surface area contributed by atoms with E-state index in [0.717, 1.165) is 54.2 Å². The maximum Gasteiger partial charge on any atom is 0.218 e. The van der Waals surface area contributed by atoms with Crippen molar-refractivity contribution in [2.24, 2.45) is 5.73 Å². The Morgan fingerprint density at radius 1 is 1.25 bits per heavy atom. The Labute approximate surface area is 174 Å². The van der Waals surface area contributed by atoms with E-state index < -0.39 is 0 Å². The second kappa shape index (κ2) is 7.64. The Hall–Kier alpha value is -2.24. The van der Waals surface area contributed by atoms with Crippen LogP contribution in [0.2, 0.25) is 10.0 Å². The largest absolute Gasteiger partial charge is 0.370 e. The second-order valence-corrected chi connectivity index (χ2v) is 8.00. The molecule has 2 aromatic carbocycles. The fourth-order valence-electron chi connectivity index (χ4n) is 4.08. The van der Waals surface area contributed by atoms with Gasteiger partial charge in [0.2, 0.25) is 11.9 Å². The average Bonchev–Trinajstić information content (AvgIpc) is 3.05. The van der Waals surface area contributed by atoms with Crippen molar-refractivity contribution in [3.05, 3.63) is 52.0 Å². The molecule has 1 aliphatic rings. The maximum atomic E-state index is 11.6. The molecule has 2 N–H and O–H groups in total. The Balaban J connectivity index is 1.87. The third-order valence-corrected chi connectivity index (χ3v) is 5.90. The molecular formula is C21H22Cl2N4O. The molecule has 2 heterocycles. The number of hydrogen-bond donors (Lipinski definition) is 1. The summed E-state index contributed by atoms with van der Waals surface area (Å²) in [7, 11) is 0. The van der Waals surface area contributed by atoms with Crippen LogP contribution in [0.4, 0.5) is 11.6 Å². The van der Waals surface area contributed by atoms with Crippen molar-refractivity contribution in [2.45, 2.75) is 38.6 Å². The third-order valence-electron chi connectivity index (χ3n) is 5.36. The van der Waals surface area contributed by atoms with Crippen molar-refractivity contribution < 1.29 is 4.79 Å². The number of aryl methyl sites for hydroxylation is 1. The van der Waals surface area contributed by atoms with Crippen LogP contribution in [0.1, 0.15) is 37.7 Å². The summed E-state index contributed by atoms with van der Waals surface area (Å²) in [5, 5.41) is 1.21. The van der Waals surface area contributed by atoms with E-state index in [0.29, 0.717) is 16.5 Å². The third kappa shape index (κ3) is 3.33. The van der Waals surface area contributed by atoms with E-state index in [2.05, 4.69) is 22.5 Å². The molecule has 146 valence electrons. The van der Waals surface area contributed by atoms with Gasteiger partial charge in [0.15, 0.2) is 0 Å². The first-order valence-electron chi connectivity index (χ1n) is 9.49.